The molecule has 0 spiro atoms. The number of fused-ring (bicyclic) bond motifs is 4. The quantitative estimate of drug-likeness (QED) is 0.0488. The molecule has 0 atom stereocenters. The van der Waals surface area contributed by atoms with Crippen molar-refractivity contribution in [3.05, 3.63) is 244 Å². The molecule has 0 bridgehead atoms. The first-order valence-corrected chi connectivity index (χ1v) is 34.9. The van der Waals surface area contributed by atoms with E-state index in [1.807, 2.05) is 4.57 Å². The largest absolute Gasteiger partial charge is 0.573 e. The van der Waals surface area contributed by atoms with Gasteiger partial charge in [-0.05, 0) is 182 Å². The van der Waals surface area contributed by atoms with Crippen LogP contribution in [0.3, 0.4) is 0 Å². The summed E-state index contributed by atoms with van der Waals surface area (Å²) in [6.07, 6.45) is -10.2. The van der Waals surface area contributed by atoms with Crippen molar-refractivity contribution in [2.75, 3.05) is 28.4 Å². The molecule has 0 unspecified atom stereocenters. The maximum absolute atomic E-state index is 13.1. The van der Waals surface area contributed by atoms with Gasteiger partial charge in [0, 0.05) is 73.6 Å². The Bertz CT molecular complexity index is 5620. The Labute approximate surface area is 656 Å². The molecule has 4 N–H and O–H groups in total. The molecular weight excluding hydrogens is 1590 g/mol. The summed E-state index contributed by atoms with van der Waals surface area (Å²) in [6.45, 7) is 4.23. The van der Waals surface area contributed by atoms with Crippen LogP contribution in [0, 0.1) is 27.7 Å². The third kappa shape index (κ3) is 19.6. The normalized spacial score (nSPS) is 11.4. The van der Waals surface area contributed by atoms with E-state index in [9.17, 15) is 84.3 Å². The number of carbonyl (C=O) groups is 6. The summed E-state index contributed by atoms with van der Waals surface area (Å²) in [5.41, 5.74) is 7.63. The highest BCUT2D eigenvalue weighted by Gasteiger charge is 2.33. The number of alkyl halides is 8. The molecule has 8 aromatic carbocycles. The molecule has 0 radical (unpaired) electrons. The highest BCUT2D eigenvalue weighted by molar-refractivity contribution is 6.34. The first kappa shape index (κ1) is 84.8. The number of nitrogens with zero attached hydrogens (tertiary/aromatic N) is 4. The maximum atomic E-state index is 13.1. The minimum atomic E-state index is -4.78. The van der Waals surface area contributed by atoms with E-state index in [4.69, 9.17) is 77.0 Å². The fourth-order valence-electron chi connectivity index (χ4n) is 12.8. The molecule has 12 aromatic rings. The zero-order chi connectivity index (χ0) is 82.3. The number of hydrogen-bond donors (Lipinski definition) is 4. The minimum absolute atomic E-state index is 0.0787. The average molecular weight is 1660 g/mol. The second-order valence-electron chi connectivity index (χ2n) is 24.8. The van der Waals surface area contributed by atoms with Crippen LogP contribution in [0.2, 0.25) is 25.1 Å². The summed E-state index contributed by atoms with van der Waals surface area (Å²) in [5.74, 6) is -3.62. The highest BCUT2D eigenvalue weighted by Crippen LogP contribution is 2.41. The van der Waals surface area contributed by atoms with Crippen LogP contribution in [0.1, 0.15) is 82.4 Å². The Morgan fingerprint density at radius 1 is 0.411 bits per heavy atom. The summed E-state index contributed by atoms with van der Waals surface area (Å²) < 4.78 is 137. The molecule has 588 valence electrons. The molecule has 12 rings (SSSR count). The molecular formula is C79H65Cl5F8N4O16. The fourth-order valence-corrected chi connectivity index (χ4v) is 13.9. The van der Waals surface area contributed by atoms with E-state index in [0.717, 1.165) is 12.1 Å². The standard InChI is InChI=1S/C20H17ClF3NO4.C20H17ClF3NO3.C20H16ClF2NO5.C19H15Cl2NO4/c1-11-14(8-19(26)27)15-7-18(28-2)16(21)9-17(15)25(11)10-12-4-3-5-13(6-12)29-20(22,23)24;1-11-14(8-19(26)27)15-7-18(28-2)16(21)9-17(15)25(11)10-12-4-3-5-13(6-12)20(22,23)24;1-10-13(8-18(25)26)14-7-17(28-2)15(21)9-16(14)24(10)19(27)11-3-5-12(6-4-11)29-20(22)23;1-10-13(8-18(23)24)14-7-17(26-2)15(21)9-16(14)22(10)19(25)11-3-5-12(20)6-4-11/h3-7,9H,8,10H2,1-2H3,(H,26,27);3-7,9H,8,10H2,1-2H3,(H,26,27);3-7,9,20H,8H2,1-2H3,(H,25,26);3-7,9H,8H2,1-2H3,(H,23,24). The predicted molar refractivity (Wildman–Crippen MR) is 405 cm³/mol. The third-order valence-electron chi connectivity index (χ3n) is 17.9. The molecule has 0 aliphatic rings. The number of carboxylic acid groups (broad SMARTS) is 4. The van der Waals surface area contributed by atoms with Crippen LogP contribution in [0.5, 0.6) is 34.5 Å². The summed E-state index contributed by atoms with van der Waals surface area (Å²) in [5, 5.41) is 41.3. The number of aromatic nitrogens is 4. The lowest BCUT2D eigenvalue weighted by Gasteiger charge is -2.12. The van der Waals surface area contributed by atoms with Crippen LogP contribution in [-0.2, 0) is 64.1 Å². The van der Waals surface area contributed by atoms with Crippen molar-refractivity contribution in [2.24, 2.45) is 0 Å². The number of benzene rings is 8. The van der Waals surface area contributed by atoms with Crippen LogP contribution >= 0.6 is 58.0 Å². The lowest BCUT2D eigenvalue weighted by atomic mass is 10.1. The number of carboxylic acids is 4. The van der Waals surface area contributed by atoms with E-state index in [2.05, 4.69) is 9.47 Å². The number of ether oxygens (including phenoxy) is 6. The number of carbonyl (C=O) groups excluding carboxylic acids is 2. The SMILES string of the molecule is COc1cc2c(CC(=O)O)c(C)n(C(=O)c3ccc(Cl)cc3)c2cc1Cl.COc1cc2c(CC(=O)O)c(C)n(C(=O)c3ccc(OC(F)F)cc3)c2cc1Cl.COc1cc2c(CC(=O)O)c(C)n(Cc3cccc(C(F)(F)F)c3)c2cc1Cl.COc1cc2c(CC(=O)O)c(C)n(Cc3cccc(OC(F)(F)F)c3)c2cc1Cl. The lowest BCUT2D eigenvalue weighted by molar-refractivity contribution is -0.274. The Morgan fingerprint density at radius 2 is 0.741 bits per heavy atom. The van der Waals surface area contributed by atoms with Crippen molar-refractivity contribution in [2.45, 2.75) is 85.6 Å². The molecule has 0 amide bonds. The molecule has 0 aliphatic heterocycles. The first-order valence-electron chi connectivity index (χ1n) is 33.0. The number of hydrogen-bond acceptors (Lipinski definition) is 12. The van der Waals surface area contributed by atoms with Gasteiger partial charge in [-0.3, -0.25) is 37.9 Å². The summed E-state index contributed by atoms with van der Waals surface area (Å²) in [7, 11) is 5.82. The van der Waals surface area contributed by atoms with E-state index < -0.39 is 54.5 Å². The molecule has 4 aromatic heterocycles. The van der Waals surface area contributed by atoms with Gasteiger partial charge in [-0.2, -0.15) is 22.0 Å². The molecule has 0 fully saturated rings. The van der Waals surface area contributed by atoms with Gasteiger partial charge in [0.25, 0.3) is 11.8 Å². The number of methoxy groups -OCH3 is 4. The molecule has 0 saturated carbocycles. The number of halogens is 13. The molecule has 20 nitrogen and oxygen atoms in total. The van der Waals surface area contributed by atoms with Gasteiger partial charge in [0.1, 0.15) is 34.5 Å². The van der Waals surface area contributed by atoms with E-state index in [-0.39, 0.29) is 66.8 Å². The van der Waals surface area contributed by atoms with E-state index in [1.165, 1.54) is 92.2 Å². The smallest absolute Gasteiger partial charge is 0.495 e. The Hall–Kier alpha value is -11.2. The van der Waals surface area contributed by atoms with Crippen molar-refractivity contribution in [1.29, 1.82) is 0 Å². The van der Waals surface area contributed by atoms with Gasteiger partial charge in [0.05, 0.1) is 102 Å². The van der Waals surface area contributed by atoms with Gasteiger partial charge in [-0.1, -0.05) is 82.3 Å². The molecule has 0 saturated heterocycles. The van der Waals surface area contributed by atoms with E-state index in [0.29, 0.717) is 148 Å². The minimum Gasteiger partial charge on any atom is -0.495 e. The van der Waals surface area contributed by atoms with E-state index in [1.54, 1.807) is 111 Å². The second kappa shape index (κ2) is 35.5. The molecule has 4 heterocycles. The Kier molecular flexibility index (Phi) is 26.9. The van der Waals surface area contributed by atoms with Gasteiger partial charge in [-0.25, -0.2) is 0 Å². The van der Waals surface area contributed by atoms with Gasteiger partial charge in [0.15, 0.2) is 0 Å². The molecule has 33 heteroatoms. The fraction of sp³-hybridized carbons (Fsp3) is 0.215. The van der Waals surface area contributed by atoms with Crippen molar-refractivity contribution in [1.82, 2.24) is 18.3 Å². The van der Waals surface area contributed by atoms with Crippen LogP contribution < -0.4 is 28.4 Å². The zero-order valence-corrected chi connectivity index (χ0v) is 63.8. The van der Waals surface area contributed by atoms with Crippen LogP contribution in [0.15, 0.2) is 146 Å². The third-order valence-corrected chi connectivity index (χ3v) is 19.3. The second-order valence-corrected chi connectivity index (χ2v) is 26.9. The number of rotatable bonds is 21. The van der Waals surface area contributed by atoms with Gasteiger partial charge >= 0.3 is 43.0 Å². The summed E-state index contributed by atoms with van der Waals surface area (Å²) in [6, 6.07) is 35.4. The van der Waals surface area contributed by atoms with Crippen LogP contribution in [0.4, 0.5) is 35.1 Å². The predicted octanol–water partition coefficient (Wildman–Crippen LogP) is 19.6. The van der Waals surface area contributed by atoms with Gasteiger partial charge < -0.3 is 58.0 Å². The monoisotopic (exact) mass is 1650 g/mol. The molecule has 0 aliphatic carbocycles. The maximum Gasteiger partial charge on any atom is 0.573 e. The Morgan fingerprint density at radius 3 is 1.08 bits per heavy atom. The average Bonchev–Trinajstić information content (AvgIpc) is 1.62. The van der Waals surface area contributed by atoms with Gasteiger partial charge in [0.2, 0.25) is 0 Å². The van der Waals surface area contributed by atoms with Crippen molar-refractivity contribution < 1.29 is 113 Å². The van der Waals surface area contributed by atoms with Crippen LogP contribution in [-0.4, -0.2) is 116 Å². The van der Waals surface area contributed by atoms with Crippen LogP contribution in [0.25, 0.3) is 43.6 Å². The first-order chi connectivity index (χ1) is 52.7. The lowest BCUT2D eigenvalue weighted by Crippen LogP contribution is -2.17. The number of aliphatic carboxylic acids is 4. The Balaban J connectivity index is 0.000000172. The van der Waals surface area contributed by atoms with Gasteiger partial charge in [-0.15, -0.1) is 13.2 Å². The molecule has 112 heavy (non-hydrogen) atoms. The summed E-state index contributed by atoms with van der Waals surface area (Å²) in [4.78, 5) is 71.5. The summed E-state index contributed by atoms with van der Waals surface area (Å²) >= 11 is 30.8. The zero-order valence-electron chi connectivity index (χ0n) is 60.1. The van der Waals surface area contributed by atoms with E-state index >= 15 is 0 Å². The van der Waals surface area contributed by atoms with Crippen molar-refractivity contribution in [3.63, 3.8) is 0 Å². The highest BCUT2D eigenvalue weighted by atomic mass is 35.5. The topological polar surface area (TPSA) is 258 Å². The van der Waals surface area contributed by atoms with Crippen molar-refractivity contribution >= 4 is 137 Å². The van der Waals surface area contributed by atoms with Crippen molar-refractivity contribution in [3.8, 4) is 34.5 Å².